The summed E-state index contributed by atoms with van der Waals surface area (Å²) >= 11 is 6.39. The minimum atomic E-state index is -4.54. The van der Waals surface area contributed by atoms with Gasteiger partial charge >= 0.3 is 6.18 Å². The van der Waals surface area contributed by atoms with Crippen molar-refractivity contribution in [3.8, 4) is 22.5 Å². The molecule has 178 valence electrons. The summed E-state index contributed by atoms with van der Waals surface area (Å²) in [4.78, 5) is 28.3. The molecule has 3 heterocycles. The summed E-state index contributed by atoms with van der Waals surface area (Å²) < 4.78 is 51.3. The van der Waals surface area contributed by atoms with E-state index in [1.807, 2.05) is 4.90 Å². The van der Waals surface area contributed by atoms with Crippen molar-refractivity contribution in [2.24, 2.45) is 0 Å². The van der Waals surface area contributed by atoms with Gasteiger partial charge in [-0.3, -0.25) is 14.8 Å². The molecule has 0 radical (unpaired) electrons. The summed E-state index contributed by atoms with van der Waals surface area (Å²) in [6.45, 7) is 2.65. The van der Waals surface area contributed by atoms with Crippen LogP contribution in [-0.2, 0) is 4.79 Å². The van der Waals surface area contributed by atoms with Gasteiger partial charge in [-0.05, 0) is 36.8 Å². The van der Waals surface area contributed by atoms with E-state index in [-0.39, 0.29) is 18.9 Å². The van der Waals surface area contributed by atoms with Gasteiger partial charge in [-0.1, -0.05) is 11.6 Å². The van der Waals surface area contributed by atoms with Crippen molar-refractivity contribution in [1.82, 2.24) is 19.9 Å². The average Bonchev–Trinajstić information content (AvgIpc) is 2.78. The third kappa shape index (κ3) is 5.27. The number of benzene rings is 1. The van der Waals surface area contributed by atoms with Gasteiger partial charge in [0.25, 0.3) is 0 Å². The van der Waals surface area contributed by atoms with Gasteiger partial charge in [0.1, 0.15) is 23.7 Å². The van der Waals surface area contributed by atoms with Gasteiger partial charge in [0.05, 0.1) is 16.9 Å². The summed E-state index contributed by atoms with van der Waals surface area (Å²) in [7, 11) is 0. The molecule has 3 aromatic rings. The third-order valence-corrected chi connectivity index (χ3v) is 5.84. The van der Waals surface area contributed by atoms with Crippen LogP contribution in [0.25, 0.3) is 22.5 Å². The number of rotatable bonds is 4. The number of amides is 1. The number of alkyl halides is 3. The quantitative estimate of drug-likeness (QED) is 0.483. The highest BCUT2D eigenvalue weighted by molar-refractivity contribution is 6.33. The van der Waals surface area contributed by atoms with Gasteiger partial charge in [-0.25, -0.2) is 9.37 Å². The molecule has 0 bridgehead atoms. The Labute approximate surface area is 198 Å². The van der Waals surface area contributed by atoms with Crippen LogP contribution in [0, 0.1) is 12.7 Å². The lowest BCUT2D eigenvalue weighted by Gasteiger charge is -2.35. The fraction of sp³-hybridized carbons (Fsp3) is 0.304. The molecule has 0 aliphatic carbocycles. The number of piperazine rings is 1. The number of carbonyl (C=O) groups excluding carboxylic acids is 1. The van der Waals surface area contributed by atoms with Crippen molar-refractivity contribution in [2.75, 3.05) is 31.1 Å². The third-order valence-electron chi connectivity index (χ3n) is 5.54. The van der Waals surface area contributed by atoms with Crippen LogP contribution in [0.5, 0.6) is 0 Å². The molecule has 0 atom stereocenters. The molecule has 0 spiro atoms. The van der Waals surface area contributed by atoms with E-state index >= 15 is 0 Å². The number of aromatic nitrogens is 3. The van der Waals surface area contributed by atoms with Crippen molar-refractivity contribution in [3.05, 3.63) is 59.3 Å². The second-order valence-electron chi connectivity index (χ2n) is 7.90. The van der Waals surface area contributed by atoms with E-state index in [1.54, 1.807) is 31.5 Å². The van der Waals surface area contributed by atoms with E-state index in [1.165, 1.54) is 23.2 Å². The van der Waals surface area contributed by atoms with Gasteiger partial charge in [0, 0.05) is 49.7 Å². The Morgan fingerprint density at radius 1 is 1.06 bits per heavy atom. The van der Waals surface area contributed by atoms with E-state index in [9.17, 15) is 22.4 Å². The minimum Gasteiger partial charge on any atom is -0.352 e. The summed E-state index contributed by atoms with van der Waals surface area (Å²) in [6, 6.07) is 6.07. The highest BCUT2D eigenvalue weighted by atomic mass is 35.5. The van der Waals surface area contributed by atoms with Gasteiger partial charge < -0.3 is 9.80 Å². The molecule has 0 unspecified atom stereocenters. The fourth-order valence-corrected chi connectivity index (χ4v) is 4.05. The predicted octanol–water partition coefficient (Wildman–Crippen LogP) is 4.91. The number of hydrogen-bond acceptors (Lipinski definition) is 5. The summed E-state index contributed by atoms with van der Waals surface area (Å²) in [5.74, 6) is -0.814. The van der Waals surface area contributed by atoms with Gasteiger partial charge in [0.15, 0.2) is 0 Å². The zero-order chi connectivity index (χ0) is 24.5. The lowest BCUT2D eigenvalue weighted by molar-refractivity contribution is -0.161. The Hall–Kier alpha value is -3.27. The minimum absolute atomic E-state index is 0.140. The smallest absolute Gasteiger partial charge is 0.352 e. The summed E-state index contributed by atoms with van der Waals surface area (Å²) in [6.07, 6.45) is -1.39. The second-order valence-corrected chi connectivity index (χ2v) is 8.31. The van der Waals surface area contributed by atoms with Gasteiger partial charge in [-0.2, -0.15) is 13.2 Å². The number of hydrogen-bond donors (Lipinski definition) is 0. The van der Waals surface area contributed by atoms with Crippen molar-refractivity contribution in [3.63, 3.8) is 0 Å². The maximum absolute atomic E-state index is 13.7. The van der Waals surface area contributed by atoms with Crippen LogP contribution in [0.3, 0.4) is 0 Å². The molecule has 1 fully saturated rings. The average molecular weight is 494 g/mol. The molecular formula is C23H20ClF4N5O. The lowest BCUT2D eigenvalue weighted by atomic mass is 10.0. The Balaban J connectivity index is 1.65. The van der Waals surface area contributed by atoms with Crippen LogP contribution in [-0.4, -0.2) is 58.1 Å². The first kappa shape index (κ1) is 23.9. The van der Waals surface area contributed by atoms with Crippen molar-refractivity contribution in [2.45, 2.75) is 19.5 Å². The Morgan fingerprint density at radius 3 is 2.44 bits per heavy atom. The topological polar surface area (TPSA) is 62.2 Å². The largest absolute Gasteiger partial charge is 0.397 e. The fourth-order valence-electron chi connectivity index (χ4n) is 3.85. The monoisotopic (exact) mass is 493 g/mol. The van der Waals surface area contributed by atoms with Crippen LogP contribution < -0.4 is 4.90 Å². The molecule has 34 heavy (non-hydrogen) atoms. The first-order chi connectivity index (χ1) is 16.1. The number of carbonyl (C=O) groups is 1. The lowest BCUT2D eigenvalue weighted by Crippen LogP contribution is -2.49. The summed E-state index contributed by atoms with van der Waals surface area (Å²) in [5, 5.41) is 0.359. The second kappa shape index (κ2) is 9.54. The van der Waals surface area contributed by atoms with E-state index in [4.69, 9.17) is 16.6 Å². The first-order valence-electron chi connectivity index (χ1n) is 10.5. The van der Waals surface area contributed by atoms with Crippen molar-refractivity contribution >= 4 is 23.3 Å². The van der Waals surface area contributed by atoms with Crippen LogP contribution in [0.2, 0.25) is 5.02 Å². The number of anilines is 1. The van der Waals surface area contributed by atoms with Crippen LogP contribution in [0.15, 0.2) is 42.9 Å². The maximum Gasteiger partial charge on any atom is 0.397 e. The molecule has 0 saturated carbocycles. The Kier molecular flexibility index (Phi) is 6.70. The molecule has 1 aromatic carbocycles. The molecule has 2 aromatic heterocycles. The van der Waals surface area contributed by atoms with E-state index in [0.29, 0.717) is 52.0 Å². The Morgan fingerprint density at radius 2 is 1.79 bits per heavy atom. The molecule has 1 saturated heterocycles. The van der Waals surface area contributed by atoms with Crippen LogP contribution >= 0.6 is 11.6 Å². The standard InChI is InChI=1S/C23H20ClF4N5O/c1-14-10-15(25)2-3-16(14)21-22(17-4-5-29-12-18(17)24)31-19(13-30-21)32-6-8-33(9-7-32)20(34)11-23(26,27)28/h2-5,10,12-13H,6-9,11H2,1H3. The molecule has 0 N–H and O–H groups in total. The van der Waals surface area contributed by atoms with Gasteiger partial charge in [0.2, 0.25) is 5.91 Å². The molecule has 1 aliphatic heterocycles. The normalized spacial score (nSPS) is 14.4. The highest BCUT2D eigenvalue weighted by Crippen LogP contribution is 2.35. The summed E-state index contributed by atoms with van der Waals surface area (Å²) in [5.41, 5.74) is 2.92. The van der Waals surface area contributed by atoms with E-state index < -0.39 is 18.5 Å². The molecule has 4 rings (SSSR count). The Bertz CT molecular complexity index is 1210. The van der Waals surface area contributed by atoms with E-state index in [2.05, 4.69) is 9.97 Å². The van der Waals surface area contributed by atoms with E-state index in [0.717, 1.165) is 0 Å². The number of halogens is 5. The first-order valence-corrected chi connectivity index (χ1v) is 10.8. The molecule has 1 aliphatic rings. The molecule has 11 heteroatoms. The van der Waals surface area contributed by atoms with Crippen LogP contribution in [0.4, 0.5) is 23.4 Å². The number of pyridine rings is 1. The number of nitrogens with zero attached hydrogens (tertiary/aromatic N) is 5. The predicted molar refractivity (Wildman–Crippen MR) is 120 cm³/mol. The molecule has 6 nitrogen and oxygen atoms in total. The van der Waals surface area contributed by atoms with Crippen LogP contribution in [0.1, 0.15) is 12.0 Å². The zero-order valence-electron chi connectivity index (χ0n) is 18.1. The van der Waals surface area contributed by atoms with Gasteiger partial charge in [-0.15, -0.1) is 0 Å². The molecule has 1 amide bonds. The SMILES string of the molecule is Cc1cc(F)ccc1-c1ncc(N2CCN(C(=O)CC(F)(F)F)CC2)nc1-c1ccncc1Cl. The number of aryl methyl sites for hydroxylation is 1. The van der Waals surface area contributed by atoms with Crippen molar-refractivity contribution < 1.29 is 22.4 Å². The van der Waals surface area contributed by atoms with Crippen molar-refractivity contribution in [1.29, 1.82) is 0 Å². The molecular weight excluding hydrogens is 474 g/mol. The zero-order valence-corrected chi connectivity index (χ0v) is 18.9. The highest BCUT2D eigenvalue weighted by Gasteiger charge is 2.34. The maximum atomic E-state index is 13.7.